The molecule has 0 radical (unpaired) electrons. The molecule has 5 rings (SSSR count). The lowest BCUT2D eigenvalue weighted by Gasteiger charge is -2.13. The second-order valence-electron chi connectivity index (χ2n) is 9.72. The molecule has 0 aliphatic rings. The number of nitrogens with zero attached hydrogens (tertiary/aromatic N) is 4. The molecule has 5 aromatic rings. The first-order valence-electron chi connectivity index (χ1n) is 13.7. The molecule has 0 bridgehead atoms. The molecule has 0 fully saturated rings. The number of amides is 2. The Labute approximate surface area is 276 Å². The van der Waals surface area contributed by atoms with Gasteiger partial charge in [0.15, 0.2) is 11.6 Å². The van der Waals surface area contributed by atoms with Gasteiger partial charge in [-0.2, -0.15) is 0 Å². The van der Waals surface area contributed by atoms with Crippen LogP contribution in [0, 0.1) is 10.8 Å². The minimum atomic E-state index is -1.23. The molecular weight excluding hydrogens is 647 g/mol. The Morgan fingerprint density at radius 3 is 1.34 bits per heavy atom. The Hall–Kier alpha value is -5.92. The van der Waals surface area contributed by atoms with Crippen molar-refractivity contribution in [1.82, 2.24) is 30.8 Å². The van der Waals surface area contributed by atoms with E-state index in [4.69, 9.17) is 38.4 Å². The third-order valence-electron chi connectivity index (χ3n) is 6.62. The van der Waals surface area contributed by atoms with Crippen molar-refractivity contribution in [2.45, 2.75) is 12.1 Å². The zero-order valence-corrected chi connectivity index (χ0v) is 25.5. The van der Waals surface area contributed by atoms with Crippen molar-refractivity contribution in [3.8, 4) is 22.9 Å². The van der Waals surface area contributed by atoms with E-state index in [1.807, 2.05) is 0 Å². The number of ketones is 2. The Kier molecular flexibility index (Phi) is 9.99. The van der Waals surface area contributed by atoms with Crippen LogP contribution in [0.15, 0.2) is 89.3 Å². The highest BCUT2D eigenvalue weighted by Crippen LogP contribution is 2.25. The van der Waals surface area contributed by atoms with Crippen molar-refractivity contribution in [1.29, 1.82) is 10.8 Å². The average Bonchev–Trinajstić information content (AvgIpc) is 3.59. The Morgan fingerprint density at radius 1 is 0.617 bits per heavy atom. The van der Waals surface area contributed by atoms with Crippen LogP contribution >= 0.6 is 23.2 Å². The number of benzene rings is 2. The number of carbonyl (C=O) groups excluding carboxylic acids is 4. The van der Waals surface area contributed by atoms with Crippen LogP contribution < -0.4 is 10.6 Å². The minimum Gasteiger partial charge on any atom is -0.416 e. The summed E-state index contributed by atoms with van der Waals surface area (Å²) in [6, 6.07) is 18.9. The maximum absolute atomic E-state index is 13.0. The van der Waals surface area contributed by atoms with Crippen LogP contribution in [0.1, 0.15) is 41.7 Å². The minimum absolute atomic E-state index is 0.00712. The van der Waals surface area contributed by atoms with Crippen LogP contribution in [0.4, 0.5) is 0 Å². The molecular formula is C32H22Cl2N8O5. The van der Waals surface area contributed by atoms with E-state index < -0.39 is 35.5 Å². The molecule has 0 saturated heterocycles. The van der Waals surface area contributed by atoms with E-state index in [1.54, 1.807) is 36.4 Å². The van der Waals surface area contributed by atoms with Gasteiger partial charge in [-0.25, -0.2) is 9.97 Å². The molecule has 3 aromatic heterocycles. The van der Waals surface area contributed by atoms with Gasteiger partial charge in [0.1, 0.15) is 33.8 Å². The number of Topliss-reactive ketones (excluding diaryl/α,β-unsaturated/α-hetero) is 2. The third kappa shape index (κ3) is 7.66. The van der Waals surface area contributed by atoms with Gasteiger partial charge in [0.25, 0.3) is 11.8 Å². The van der Waals surface area contributed by atoms with Crippen molar-refractivity contribution in [3.63, 3.8) is 0 Å². The van der Waals surface area contributed by atoms with E-state index in [-0.39, 0.29) is 44.6 Å². The molecule has 4 N–H and O–H groups in total. The number of carbonyl (C=O) groups is 4. The molecule has 0 aliphatic heterocycles. The second-order valence-corrected chi connectivity index (χ2v) is 10.5. The van der Waals surface area contributed by atoms with Crippen molar-refractivity contribution in [2.24, 2.45) is 0 Å². The maximum Gasteiger partial charge on any atom is 0.270 e. The monoisotopic (exact) mass is 668 g/mol. The molecule has 2 atom stereocenters. The van der Waals surface area contributed by atoms with E-state index in [9.17, 15) is 19.2 Å². The van der Waals surface area contributed by atoms with Crippen molar-refractivity contribution >= 4 is 59.0 Å². The molecule has 3 heterocycles. The van der Waals surface area contributed by atoms with Gasteiger partial charge in [-0.15, -0.1) is 10.2 Å². The van der Waals surface area contributed by atoms with Crippen LogP contribution in [0.5, 0.6) is 0 Å². The van der Waals surface area contributed by atoms with Gasteiger partial charge in [0.05, 0.1) is 0 Å². The van der Waals surface area contributed by atoms with Crippen molar-refractivity contribution in [2.75, 3.05) is 0 Å². The predicted molar refractivity (Wildman–Crippen MR) is 172 cm³/mol. The standard InChI is InChI=1S/C32H22Cl2N8O5/c33-25-5-1-3-21(37-25)29(45)39-23(15-35)27(43)17-7-11-19(12-8-17)31-41-42-32(47-31)20-13-9-18(10-14-20)28(44)24(16-36)40-30(46)22-4-2-6-26(34)38-22/h1-16,23-24,35-36H,(H,39,45)(H,40,46)/t23-,24-/m0/s1. The first-order valence-corrected chi connectivity index (χ1v) is 14.4. The third-order valence-corrected chi connectivity index (χ3v) is 7.05. The van der Waals surface area contributed by atoms with E-state index in [0.29, 0.717) is 11.1 Å². The number of rotatable bonds is 12. The van der Waals surface area contributed by atoms with Crippen LogP contribution in [0.2, 0.25) is 10.3 Å². The predicted octanol–water partition coefficient (Wildman–Crippen LogP) is 4.76. The van der Waals surface area contributed by atoms with Gasteiger partial charge in [-0.3, -0.25) is 19.2 Å². The molecule has 234 valence electrons. The van der Waals surface area contributed by atoms with E-state index in [0.717, 1.165) is 12.4 Å². The summed E-state index contributed by atoms with van der Waals surface area (Å²) in [4.78, 5) is 58.8. The summed E-state index contributed by atoms with van der Waals surface area (Å²) in [6.07, 6.45) is 1.64. The molecule has 15 heteroatoms. The molecule has 0 saturated carbocycles. The number of halogens is 2. The number of aromatic nitrogens is 4. The largest absolute Gasteiger partial charge is 0.416 e. The Balaban J connectivity index is 1.23. The molecule has 0 unspecified atom stereocenters. The summed E-state index contributed by atoms with van der Waals surface area (Å²) in [5.41, 5.74) is 1.48. The van der Waals surface area contributed by atoms with Crippen LogP contribution in [-0.4, -0.2) is 68.1 Å². The van der Waals surface area contributed by atoms with Crippen molar-refractivity contribution in [3.05, 3.63) is 118 Å². The summed E-state index contributed by atoms with van der Waals surface area (Å²) in [5, 5.41) is 28.6. The number of hydrogen-bond donors (Lipinski definition) is 4. The van der Waals surface area contributed by atoms with Crippen LogP contribution in [-0.2, 0) is 0 Å². The highest BCUT2D eigenvalue weighted by molar-refractivity contribution is 6.30. The summed E-state index contributed by atoms with van der Waals surface area (Å²) < 4.78 is 5.80. The SMILES string of the molecule is N=C[C@H](NC(=O)c1cccc(Cl)n1)C(=O)c1ccc(-c2nnc(-c3ccc(C(=O)[C@H](C=N)NC(=O)c4cccc(Cl)n4)cc3)o2)cc1. The normalized spacial score (nSPS) is 12.0. The van der Waals surface area contributed by atoms with Crippen molar-refractivity contribution < 1.29 is 23.6 Å². The lowest BCUT2D eigenvalue weighted by molar-refractivity contribution is 0.0882. The van der Waals surface area contributed by atoms with Gasteiger partial charge in [-0.1, -0.05) is 59.6 Å². The summed E-state index contributed by atoms with van der Waals surface area (Å²) in [5.74, 6) is -2.04. The number of hydrogen-bond acceptors (Lipinski definition) is 11. The van der Waals surface area contributed by atoms with Gasteiger partial charge in [0.2, 0.25) is 11.8 Å². The summed E-state index contributed by atoms with van der Waals surface area (Å²) in [7, 11) is 0. The molecule has 2 amide bonds. The fraction of sp³-hybridized carbons (Fsp3) is 0.0625. The Bertz CT molecular complexity index is 1860. The highest BCUT2D eigenvalue weighted by atomic mass is 35.5. The van der Waals surface area contributed by atoms with E-state index in [1.165, 1.54) is 48.5 Å². The highest BCUT2D eigenvalue weighted by Gasteiger charge is 2.23. The zero-order chi connectivity index (χ0) is 33.5. The molecule has 2 aromatic carbocycles. The van der Waals surface area contributed by atoms with Gasteiger partial charge in [-0.05, 0) is 48.5 Å². The molecule has 13 nitrogen and oxygen atoms in total. The first-order chi connectivity index (χ1) is 22.7. The van der Waals surface area contributed by atoms with Gasteiger partial charge in [0, 0.05) is 34.7 Å². The quantitative estimate of drug-likeness (QED) is 0.0820. The van der Waals surface area contributed by atoms with Crippen LogP contribution in [0.25, 0.3) is 22.9 Å². The van der Waals surface area contributed by atoms with E-state index in [2.05, 4.69) is 30.8 Å². The maximum atomic E-state index is 13.0. The fourth-order valence-electron chi connectivity index (χ4n) is 4.24. The average molecular weight is 669 g/mol. The molecule has 0 spiro atoms. The topological polar surface area (TPSA) is 205 Å². The second kappa shape index (κ2) is 14.5. The smallest absolute Gasteiger partial charge is 0.270 e. The number of pyridine rings is 2. The van der Waals surface area contributed by atoms with Gasteiger partial charge >= 0.3 is 0 Å². The first kappa shape index (κ1) is 32.5. The molecule has 0 aliphatic carbocycles. The fourth-order valence-corrected chi connectivity index (χ4v) is 4.56. The Morgan fingerprint density at radius 2 is 1.00 bits per heavy atom. The lowest BCUT2D eigenvalue weighted by Crippen LogP contribution is -2.42. The lowest BCUT2D eigenvalue weighted by atomic mass is 10.0. The zero-order valence-electron chi connectivity index (χ0n) is 24.0. The van der Waals surface area contributed by atoms with E-state index >= 15 is 0 Å². The summed E-state index contributed by atoms with van der Waals surface area (Å²) in [6.45, 7) is 0. The molecule has 47 heavy (non-hydrogen) atoms. The number of nitrogens with one attached hydrogen (secondary N) is 4. The van der Waals surface area contributed by atoms with Gasteiger partial charge < -0.3 is 25.9 Å². The van der Waals surface area contributed by atoms with Crippen LogP contribution in [0.3, 0.4) is 0 Å². The summed E-state index contributed by atoms with van der Waals surface area (Å²) >= 11 is 11.7.